The number of carbonyl (C=O) groups excluding carboxylic acids is 4. The third-order valence-electron chi connectivity index (χ3n) is 4.47. The maximum atomic E-state index is 12.3. The van der Waals surface area contributed by atoms with Crippen molar-refractivity contribution in [2.45, 2.75) is 56.7 Å². The number of carboxylic acid groups (broad SMARTS) is 1. The van der Waals surface area contributed by atoms with Crippen molar-refractivity contribution in [1.29, 1.82) is 0 Å². The maximum Gasteiger partial charge on any atom is 0.326 e. The summed E-state index contributed by atoms with van der Waals surface area (Å²) in [5.41, 5.74) is 5.06. The smallest absolute Gasteiger partial charge is 0.326 e. The van der Waals surface area contributed by atoms with Crippen LogP contribution in [0.15, 0.2) is 0 Å². The second-order valence-corrected chi connectivity index (χ2v) is 7.80. The number of carboxylic acids is 1. The van der Waals surface area contributed by atoms with Crippen molar-refractivity contribution in [1.82, 2.24) is 9.80 Å². The van der Waals surface area contributed by atoms with E-state index in [0.29, 0.717) is 38.0 Å². The standard InChI is InChI=1S/C17H27N3O6S/c1-11(17(25)26)19(2)14(22)7-9-27-12-10-15(23)20(16(12)24)8-5-3-4-6-13(18)21/h11-12H,3-10H2,1-2H3,(H2,18,21)(H,25,26)/t11-,12?/m0/s1. The molecule has 0 radical (unpaired) electrons. The number of imide groups is 1. The first kappa shape index (κ1) is 22.9. The molecule has 0 spiro atoms. The normalized spacial score (nSPS) is 17.9. The number of nitrogens with two attached hydrogens (primary N) is 1. The average molecular weight is 401 g/mol. The van der Waals surface area contributed by atoms with Gasteiger partial charge in [0.15, 0.2) is 0 Å². The molecule has 27 heavy (non-hydrogen) atoms. The number of rotatable bonds is 12. The number of unbranched alkanes of at least 4 members (excludes halogenated alkanes) is 2. The SMILES string of the molecule is C[C@@H](C(=O)O)N(C)C(=O)CCSC1CC(=O)N(CCCCCC(N)=O)C1=O. The van der Waals surface area contributed by atoms with Gasteiger partial charge in [-0.1, -0.05) is 6.42 Å². The molecule has 1 aliphatic heterocycles. The molecule has 9 nitrogen and oxygen atoms in total. The monoisotopic (exact) mass is 401 g/mol. The van der Waals surface area contributed by atoms with Crippen molar-refractivity contribution in [3.63, 3.8) is 0 Å². The van der Waals surface area contributed by atoms with E-state index in [1.807, 2.05) is 0 Å². The minimum absolute atomic E-state index is 0.101. The number of aliphatic carboxylic acids is 1. The van der Waals surface area contributed by atoms with Crippen molar-refractivity contribution in [2.75, 3.05) is 19.3 Å². The van der Waals surface area contributed by atoms with Crippen LogP contribution in [0.25, 0.3) is 0 Å². The number of hydrogen-bond donors (Lipinski definition) is 2. The Morgan fingerprint density at radius 2 is 1.93 bits per heavy atom. The lowest BCUT2D eigenvalue weighted by Gasteiger charge is -2.21. The van der Waals surface area contributed by atoms with E-state index in [4.69, 9.17) is 10.8 Å². The Hall–Kier alpha value is -2.10. The highest BCUT2D eigenvalue weighted by Crippen LogP contribution is 2.26. The maximum absolute atomic E-state index is 12.3. The Morgan fingerprint density at radius 3 is 2.52 bits per heavy atom. The lowest BCUT2D eigenvalue weighted by Crippen LogP contribution is -2.40. The molecule has 0 aromatic carbocycles. The number of carbonyl (C=O) groups is 5. The van der Waals surface area contributed by atoms with Crippen LogP contribution >= 0.6 is 11.8 Å². The van der Waals surface area contributed by atoms with Crippen LogP contribution in [-0.2, 0) is 24.0 Å². The van der Waals surface area contributed by atoms with Gasteiger partial charge >= 0.3 is 5.97 Å². The van der Waals surface area contributed by atoms with E-state index >= 15 is 0 Å². The van der Waals surface area contributed by atoms with Crippen molar-refractivity contribution < 1.29 is 29.1 Å². The lowest BCUT2D eigenvalue weighted by molar-refractivity contribution is -0.148. The number of amides is 4. The zero-order chi connectivity index (χ0) is 20.6. The summed E-state index contributed by atoms with van der Waals surface area (Å²) in [7, 11) is 1.43. The Bertz CT molecular complexity index is 597. The van der Waals surface area contributed by atoms with E-state index in [2.05, 4.69) is 0 Å². The van der Waals surface area contributed by atoms with Crippen molar-refractivity contribution in [3.05, 3.63) is 0 Å². The summed E-state index contributed by atoms with van der Waals surface area (Å²) in [6, 6.07) is -0.915. The zero-order valence-electron chi connectivity index (χ0n) is 15.7. The largest absolute Gasteiger partial charge is 0.480 e. The summed E-state index contributed by atoms with van der Waals surface area (Å²) >= 11 is 1.24. The van der Waals surface area contributed by atoms with Gasteiger partial charge in [0.1, 0.15) is 6.04 Å². The molecule has 0 saturated carbocycles. The van der Waals surface area contributed by atoms with E-state index in [0.717, 1.165) is 4.90 Å². The third kappa shape index (κ3) is 7.20. The van der Waals surface area contributed by atoms with Crippen molar-refractivity contribution in [2.24, 2.45) is 5.73 Å². The second-order valence-electron chi connectivity index (χ2n) is 6.49. The minimum Gasteiger partial charge on any atom is -0.480 e. The molecule has 1 unspecified atom stereocenters. The molecule has 1 aliphatic rings. The van der Waals surface area contributed by atoms with Gasteiger partial charge in [0, 0.05) is 38.6 Å². The molecule has 0 aliphatic carbocycles. The fourth-order valence-corrected chi connectivity index (χ4v) is 3.72. The predicted molar refractivity (Wildman–Crippen MR) is 99.7 cm³/mol. The molecule has 3 N–H and O–H groups in total. The van der Waals surface area contributed by atoms with Gasteiger partial charge in [-0.2, -0.15) is 0 Å². The van der Waals surface area contributed by atoms with E-state index in [9.17, 15) is 24.0 Å². The van der Waals surface area contributed by atoms with Gasteiger partial charge < -0.3 is 15.7 Å². The van der Waals surface area contributed by atoms with Crippen LogP contribution in [0, 0.1) is 0 Å². The zero-order valence-corrected chi connectivity index (χ0v) is 16.5. The first-order valence-corrected chi connectivity index (χ1v) is 9.92. The number of primary amides is 1. The van der Waals surface area contributed by atoms with E-state index in [1.54, 1.807) is 0 Å². The fraction of sp³-hybridized carbons (Fsp3) is 0.706. The summed E-state index contributed by atoms with van der Waals surface area (Å²) in [6.07, 6.45) is 2.47. The molecule has 0 bridgehead atoms. The molecule has 152 valence electrons. The van der Waals surface area contributed by atoms with Crippen LogP contribution in [0.5, 0.6) is 0 Å². The quantitative estimate of drug-likeness (QED) is 0.352. The Morgan fingerprint density at radius 1 is 1.26 bits per heavy atom. The summed E-state index contributed by atoms with van der Waals surface area (Å²) < 4.78 is 0. The molecule has 1 heterocycles. The van der Waals surface area contributed by atoms with Gasteiger partial charge in [-0.15, -0.1) is 11.8 Å². The van der Waals surface area contributed by atoms with Crippen LogP contribution < -0.4 is 5.73 Å². The number of nitrogens with zero attached hydrogens (tertiary/aromatic N) is 2. The Kier molecular flexibility index (Phi) is 9.27. The third-order valence-corrected chi connectivity index (χ3v) is 5.68. The van der Waals surface area contributed by atoms with E-state index in [-0.39, 0.29) is 36.5 Å². The van der Waals surface area contributed by atoms with Gasteiger partial charge in [-0.3, -0.25) is 24.1 Å². The first-order valence-electron chi connectivity index (χ1n) is 8.87. The van der Waals surface area contributed by atoms with Crippen LogP contribution in [0.3, 0.4) is 0 Å². The van der Waals surface area contributed by atoms with Gasteiger partial charge in [-0.05, 0) is 19.8 Å². The van der Waals surface area contributed by atoms with Crippen LogP contribution in [0.1, 0.15) is 45.4 Å². The molecule has 10 heteroatoms. The van der Waals surface area contributed by atoms with E-state index in [1.165, 1.54) is 30.6 Å². The molecule has 4 amide bonds. The molecular weight excluding hydrogens is 374 g/mol. The van der Waals surface area contributed by atoms with Crippen LogP contribution in [0.4, 0.5) is 0 Å². The molecule has 1 rings (SSSR count). The van der Waals surface area contributed by atoms with Crippen LogP contribution in [-0.4, -0.2) is 75.1 Å². The van der Waals surface area contributed by atoms with E-state index < -0.39 is 17.3 Å². The summed E-state index contributed by atoms with van der Waals surface area (Å²) in [5, 5.41) is 8.41. The van der Waals surface area contributed by atoms with Gasteiger partial charge in [0.05, 0.1) is 5.25 Å². The summed E-state index contributed by atoms with van der Waals surface area (Å²) in [4.78, 5) is 60.3. The topological polar surface area (TPSA) is 138 Å². The number of thioether (sulfide) groups is 1. The lowest BCUT2D eigenvalue weighted by atomic mass is 10.2. The highest BCUT2D eigenvalue weighted by Gasteiger charge is 2.38. The second kappa shape index (κ2) is 10.9. The van der Waals surface area contributed by atoms with Crippen molar-refractivity contribution >= 4 is 41.4 Å². The van der Waals surface area contributed by atoms with Gasteiger partial charge in [0.2, 0.25) is 23.6 Å². The molecule has 0 aromatic heterocycles. The Labute approximate surface area is 162 Å². The highest BCUT2D eigenvalue weighted by atomic mass is 32.2. The Balaban J connectivity index is 2.35. The van der Waals surface area contributed by atoms with Gasteiger partial charge in [0.25, 0.3) is 0 Å². The first-order chi connectivity index (χ1) is 12.6. The molecule has 2 atom stereocenters. The molecule has 1 fully saturated rings. The van der Waals surface area contributed by atoms with Crippen LogP contribution in [0.2, 0.25) is 0 Å². The number of likely N-dealkylation sites (N-methyl/N-ethyl adjacent to an activating group) is 1. The summed E-state index contributed by atoms with van der Waals surface area (Å²) in [5.74, 6) is -1.90. The highest BCUT2D eigenvalue weighted by molar-refractivity contribution is 8.00. The number of likely N-dealkylation sites (tertiary alicyclic amines) is 1. The molecular formula is C17H27N3O6S. The molecule has 0 aromatic rings. The average Bonchev–Trinajstić information content (AvgIpc) is 2.86. The fourth-order valence-electron chi connectivity index (χ4n) is 2.61. The predicted octanol–water partition coefficient (Wildman–Crippen LogP) is 0.214. The summed E-state index contributed by atoms with van der Waals surface area (Å²) in [6.45, 7) is 1.75. The number of hydrogen-bond acceptors (Lipinski definition) is 6. The van der Waals surface area contributed by atoms with Gasteiger partial charge in [-0.25, -0.2) is 4.79 Å². The molecule has 1 saturated heterocycles. The van der Waals surface area contributed by atoms with Crippen molar-refractivity contribution in [3.8, 4) is 0 Å². The minimum atomic E-state index is -1.08.